The molecular weight excluding hydrogens is 261 g/mol. The van der Waals surface area contributed by atoms with Crippen molar-refractivity contribution in [2.24, 2.45) is 0 Å². The van der Waals surface area contributed by atoms with Crippen LogP contribution in [0.3, 0.4) is 0 Å². The van der Waals surface area contributed by atoms with E-state index < -0.39 is 0 Å². The molecule has 1 aromatic heterocycles. The monoisotopic (exact) mass is 283 g/mol. The van der Waals surface area contributed by atoms with E-state index in [2.05, 4.69) is 29.0 Å². The van der Waals surface area contributed by atoms with Crippen molar-refractivity contribution in [1.82, 2.24) is 10.3 Å². The first-order chi connectivity index (χ1) is 9.02. The number of halogens is 1. The molecule has 0 bridgehead atoms. The Labute approximate surface area is 119 Å². The lowest BCUT2D eigenvalue weighted by Crippen LogP contribution is -2.29. The number of hydrogen-bond acceptors (Lipinski definition) is 4. The van der Waals surface area contributed by atoms with Crippen LogP contribution in [0.5, 0.6) is 0 Å². The predicted molar refractivity (Wildman–Crippen MR) is 80.3 cm³/mol. The van der Waals surface area contributed by atoms with Crippen molar-refractivity contribution in [2.45, 2.75) is 31.6 Å². The van der Waals surface area contributed by atoms with Gasteiger partial charge in [-0.2, -0.15) is 11.8 Å². The standard InChI is InChI=1S/C14H22FN3S/c1-14(2)4-5-18(6-7-19-14)13-11(9-16-3)8-12(15)10-17-13/h8,10,16H,4-7,9H2,1-3H3. The van der Waals surface area contributed by atoms with Crippen molar-refractivity contribution in [3.63, 3.8) is 0 Å². The number of aromatic nitrogens is 1. The molecule has 0 radical (unpaired) electrons. The summed E-state index contributed by atoms with van der Waals surface area (Å²) in [6.45, 7) is 7.17. The average molecular weight is 283 g/mol. The number of thioether (sulfide) groups is 1. The van der Waals surface area contributed by atoms with Gasteiger partial charge in [0.15, 0.2) is 0 Å². The molecule has 106 valence electrons. The summed E-state index contributed by atoms with van der Waals surface area (Å²) in [7, 11) is 1.87. The third-order valence-electron chi connectivity index (χ3n) is 3.41. The minimum absolute atomic E-state index is 0.265. The number of rotatable bonds is 3. The molecule has 1 N–H and O–H groups in total. The highest BCUT2D eigenvalue weighted by Crippen LogP contribution is 2.32. The zero-order valence-corrected chi connectivity index (χ0v) is 12.7. The number of pyridine rings is 1. The molecule has 19 heavy (non-hydrogen) atoms. The Morgan fingerprint density at radius 2 is 2.26 bits per heavy atom. The van der Waals surface area contributed by atoms with Crippen LogP contribution < -0.4 is 10.2 Å². The molecular formula is C14H22FN3S. The van der Waals surface area contributed by atoms with Gasteiger partial charge < -0.3 is 10.2 Å². The minimum Gasteiger partial charge on any atom is -0.355 e. The van der Waals surface area contributed by atoms with E-state index >= 15 is 0 Å². The van der Waals surface area contributed by atoms with Crippen LogP contribution in [0, 0.1) is 5.82 Å². The van der Waals surface area contributed by atoms with Gasteiger partial charge in [-0.3, -0.25) is 0 Å². The van der Waals surface area contributed by atoms with E-state index in [4.69, 9.17) is 0 Å². The highest BCUT2D eigenvalue weighted by molar-refractivity contribution is 8.00. The molecule has 2 heterocycles. The molecule has 5 heteroatoms. The van der Waals surface area contributed by atoms with Gasteiger partial charge in [-0.05, 0) is 19.5 Å². The molecule has 0 aliphatic carbocycles. The van der Waals surface area contributed by atoms with Crippen LogP contribution in [0.4, 0.5) is 10.2 Å². The maximum absolute atomic E-state index is 13.3. The Hall–Kier alpha value is -0.810. The summed E-state index contributed by atoms with van der Waals surface area (Å²) in [4.78, 5) is 6.60. The molecule has 1 aliphatic rings. The van der Waals surface area contributed by atoms with Crippen molar-refractivity contribution in [3.8, 4) is 0 Å². The van der Waals surface area contributed by atoms with Gasteiger partial charge in [-0.25, -0.2) is 9.37 Å². The van der Waals surface area contributed by atoms with E-state index in [9.17, 15) is 4.39 Å². The summed E-state index contributed by atoms with van der Waals surface area (Å²) in [5, 5.41) is 3.08. The van der Waals surface area contributed by atoms with Crippen LogP contribution in [-0.2, 0) is 6.54 Å². The minimum atomic E-state index is -0.265. The summed E-state index contributed by atoms with van der Waals surface area (Å²) in [5.74, 6) is 1.75. The van der Waals surface area contributed by atoms with Crippen LogP contribution in [0.15, 0.2) is 12.3 Å². The van der Waals surface area contributed by atoms with Crippen LogP contribution in [-0.4, -0.2) is 35.6 Å². The van der Waals surface area contributed by atoms with Gasteiger partial charge in [-0.15, -0.1) is 0 Å². The second kappa shape index (κ2) is 6.09. The quantitative estimate of drug-likeness (QED) is 0.923. The number of nitrogens with one attached hydrogen (secondary N) is 1. The van der Waals surface area contributed by atoms with Gasteiger partial charge in [0.25, 0.3) is 0 Å². The van der Waals surface area contributed by atoms with E-state index in [1.54, 1.807) is 6.07 Å². The van der Waals surface area contributed by atoms with Crippen LogP contribution in [0.25, 0.3) is 0 Å². The van der Waals surface area contributed by atoms with Crippen LogP contribution in [0.2, 0.25) is 0 Å². The van der Waals surface area contributed by atoms with E-state index in [-0.39, 0.29) is 5.82 Å². The molecule has 3 nitrogen and oxygen atoms in total. The van der Waals surface area contributed by atoms with Crippen molar-refractivity contribution >= 4 is 17.6 Å². The maximum Gasteiger partial charge on any atom is 0.141 e. The number of anilines is 1. The third kappa shape index (κ3) is 3.83. The Kier molecular flexibility index (Phi) is 4.68. The van der Waals surface area contributed by atoms with Crippen LogP contribution >= 0.6 is 11.8 Å². The average Bonchev–Trinajstić information content (AvgIpc) is 2.51. The summed E-state index contributed by atoms with van der Waals surface area (Å²) in [6.07, 6.45) is 2.44. The van der Waals surface area contributed by atoms with Gasteiger partial charge in [0.2, 0.25) is 0 Å². The summed E-state index contributed by atoms with van der Waals surface area (Å²) in [5.41, 5.74) is 0.937. The van der Waals surface area contributed by atoms with Crippen molar-refractivity contribution in [1.29, 1.82) is 0 Å². The Bertz CT molecular complexity index is 437. The van der Waals surface area contributed by atoms with Gasteiger partial charge in [0.05, 0.1) is 6.20 Å². The molecule has 0 amide bonds. The molecule has 1 aromatic rings. The second-order valence-corrected chi connectivity index (χ2v) is 7.31. The lowest BCUT2D eigenvalue weighted by molar-refractivity contribution is 0.609. The Morgan fingerprint density at radius 3 is 3.00 bits per heavy atom. The SMILES string of the molecule is CNCc1cc(F)cnc1N1CCSC(C)(C)CC1. The summed E-state index contributed by atoms with van der Waals surface area (Å²) < 4.78 is 13.6. The molecule has 0 unspecified atom stereocenters. The van der Waals surface area contributed by atoms with Crippen LogP contribution in [0.1, 0.15) is 25.8 Å². The van der Waals surface area contributed by atoms with E-state index in [0.29, 0.717) is 11.3 Å². The molecule has 1 saturated heterocycles. The van der Waals surface area contributed by atoms with Crippen molar-refractivity contribution in [3.05, 3.63) is 23.6 Å². The van der Waals surface area contributed by atoms with Gasteiger partial charge in [0.1, 0.15) is 11.6 Å². The lowest BCUT2D eigenvalue weighted by Gasteiger charge is -2.25. The first-order valence-corrected chi connectivity index (χ1v) is 7.68. The molecule has 0 aromatic carbocycles. The topological polar surface area (TPSA) is 28.2 Å². The Morgan fingerprint density at radius 1 is 1.47 bits per heavy atom. The summed E-state index contributed by atoms with van der Waals surface area (Å²) >= 11 is 2.00. The predicted octanol–water partition coefficient (Wildman–Crippen LogP) is 2.66. The largest absolute Gasteiger partial charge is 0.355 e. The highest BCUT2D eigenvalue weighted by Gasteiger charge is 2.25. The molecule has 2 rings (SSSR count). The first kappa shape index (κ1) is 14.6. The zero-order chi connectivity index (χ0) is 13.9. The molecule has 1 aliphatic heterocycles. The fourth-order valence-corrected chi connectivity index (χ4v) is 3.41. The fraction of sp³-hybridized carbons (Fsp3) is 0.643. The molecule has 1 fully saturated rings. The van der Waals surface area contributed by atoms with Gasteiger partial charge in [0, 0.05) is 35.7 Å². The smallest absolute Gasteiger partial charge is 0.141 e. The van der Waals surface area contributed by atoms with Gasteiger partial charge >= 0.3 is 0 Å². The number of hydrogen-bond donors (Lipinski definition) is 1. The van der Waals surface area contributed by atoms with E-state index in [1.165, 1.54) is 6.20 Å². The molecule has 0 atom stereocenters. The lowest BCUT2D eigenvalue weighted by atomic mass is 10.1. The van der Waals surface area contributed by atoms with E-state index in [1.807, 2.05) is 18.8 Å². The highest BCUT2D eigenvalue weighted by atomic mass is 32.2. The molecule has 0 saturated carbocycles. The normalized spacial score (nSPS) is 19.3. The first-order valence-electron chi connectivity index (χ1n) is 6.70. The van der Waals surface area contributed by atoms with Gasteiger partial charge in [-0.1, -0.05) is 13.8 Å². The van der Waals surface area contributed by atoms with Crippen molar-refractivity contribution < 1.29 is 4.39 Å². The zero-order valence-electron chi connectivity index (χ0n) is 11.9. The Balaban J connectivity index is 2.21. The van der Waals surface area contributed by atoms with E-state index in [0.717, 1.165) is 36.6 Å². The molecule has 0 spiro atoms. The third-order valence-corrected chi connectivity index (χ3v) is 4.79. The second-order valence-electron chi connectivity index (χ2n) is 5.51. The van der Waals surface area contributed by atoms with Crippen molar-refractivity contribution in [2.75, 3.05) is 30.8 Å². The fourth-order valence-electron chi connectivity index (χ4n) is 2.31. The number of nitrogens with zero attached hydrogens (tertiary/aromatic N) is 2. The maximum atomic E-state index is 13.3. The summed E-state index contributed by atoms with van der Waals surface area (Å²) in [6, 6.07) is 1.59.